The van der Waals surface area contributed by atoms with E-state index in [0.717, 1.165) is 36.7 Å². The van der Waals surface area contributed by atoms with Crippen LogP contribution in [0.4, 0.5) is 0 Å². The molecule has 1 amide bonds. The van der Waals surface area contributed by atoms with Crippen LogP contribution in [0.2, 0.25) is 0 Å². The van der Waals surface area contributed by atoms with Crippen LogP contribution in [0.15, 0.2) is 40.9 Å². The van der Waals surface area contributed by atoms with Gasteiger partial charge in [0.15, 0.2) is 5.76 Å². The van der Waals surface area contributed by atoms with Gasteiger partial charge < -0.3 is 15.2 Å². The summed E-state index contributed by atoms with van der Waals surface area (Å²) in [6.45, 7) is 5.70. The first kappa shape index (κ1) is 16.7. The van der Waals surface area contributed by atoms with Gasteiger partial charge in [-0.3, -0.25) is 9.69 Å². The summed E-state index contributed by atoms with van der Waals surface area (Å²) in [5, 5.41) is 3.91. The lowest BCUT2D eigenvalue weighted by molar-refractivity contribution is -0.134. The largest absolute Gasteiger partial charge is 0.360 e. The van der Waals surface area contributed by atoms with Crippen LogP contribution in [0.3, 0.4) is 0 Å². The minimum atomic E-state index is -0.476. The van der Waals surface area contributed by atoms with Crippen molar-refractivity contribution in [1.29, 1.82) is 0 Å². The Morgan fingerprint density at radius 3 is 2.58 bits per heavy atom. The first-order chi connectivity index (χ1) is 11.6. The standard InChI is InChI=1S/C18H24N4O2/c1-14-11-16(24-20-14)13-21-7-9-22(10-8-21)18(23)17(19)12-15-5-3-2-4-6-15/h2-6,11,17H,7-10,12-13,19H2,1H3. The highest BCUT2D eigenvalue weighted by atomic mass is 16.5. The zero-order valence-corrected chi connectivity index (χ0v) is 14.0. The molecule has 1 aromatic carbocycles. The highest BCUT2D eigenvalue weighted by Crippen LogP contribution is 2.11. The highest BCUT2D eigenvalue weighted by Gasteiger charge is 2.25. The predicted octanol–water partition coefficient (Wildman–Crippen LogP) is 1.20. The number of piperazine rings is 1. The van der Waals surface area contributed by atoms with E-state index in [1.165, 1.54) is 0 Å². The third-order valence-corrected chi connectivity index (χ3v) is 4.36. The molecule has 1 saturated heterocycles. The van der Waals surface area contributed by atoms with Crippen LogP contribution in [0.1, 0.15) is 17.0 Å². The Kier molecular flexibility index (Phi) is 5.27. The van der Waals surface area contributed by atoms with Crippen molar-refractivity contribution in [1.82, 2.24) is 15.0 Å². The van der Waals surface area contributed by atoms with Gasteiger partial charge in [0.05, 0.1) is 18.3 Å². The first-order valence-corrected chi connectivity index (χ1v) is 8.34. The molecule has 0 radical (unpaired) electrons. The van der Waals surface area contributed by atoms with E-state index in [4.69, 9.17) is 10.3 Å². The van der Waals surface area contributed by atoms with Gasteiger partial charge in [0, 0.05) is 32.2 Å². The van der Waals surface area contributed by atoms with Crippen LogP contribution in [0.5, 0.6) is 0 Å². The van der Waals surface area contributed by atoms with E-state index in [2.05, 4.69) is 10.1 Å². The van der Waals surface area contributed by atoms with E-state index in [1.807, 2.05) is 48.2 Å². The van der Waals surface area contributed by atoms with Gasteiger partial charge in [-0.25, -0.2) is 0 Å². The van der Waals surface area contributed by atoms with E-state index < -0.39 is 6.04 Å². The fraction of sp³-hybridized carbons (Fsp3) is 0.444. The summed E-state index contributed by atoms with van der Waals surface area (Å²) < 4.78 is 5.25. The molecule has 6 heteroatoms. The van der Waals surface area contributed by atoms with Crippen LogP contribution in [-0.2, 0) is 17.8 Å². The molecular formula is C18H24N4O2. The Morgan fingerprint density at radius 1 is 1.25 bits per heavy atom. The second kappa shape index (κ2) is 7.59. The number of hydrogen-bond acceptors (Lipinski definition) is 5. The summed E-state index contributed by atoms with van der Waals surface area (Å²) >= 11 is 0. The van der Waals surface area contributed by atoms with Gasteiger partial charge in [-0.05, 0) is 18.9 Å². The summed E-state index contributed by atoms with van der Waals surface area (Å²) in [6.07, 6.45) is 0.581. The molecule has 2 N–H and O–H groups in total. The topological polar surface area (TPSA) is 75.6 Å². The van der Waals surface area contributed by atoms with Crippen molar-refractivity contribution in [3.05, 3.63) is 53.4 Å². The Morgan fingerprint density at radius 2 is 1.96 bits per heavy atom. The summed E-state index contributed by atoms with van der Waals surface area (Å²) in [5.74, 6) is 0.905. The molecule has 128 valence electrons. The van der Waals surface area contributed by atoms with Crippen molar-refractivity contribution in [2.75, 3.05) is 26.2 Å². The molecule has 2 aromatic rings. The average Bonchev–Trinajstić information content (AvgIpc) is 3.00. The molecule has 0 saturated carbocycles. The average molecular weight is 328 g/mol. The molecule has 1 atom stereocenters. The van der Waals surface area contributed by atoms with Crippen molar-refractivity contribution >= 4 is 5.91 Å². The van der Waals surface area contributed by atoms with Crippen LogP contribution in [-0.4, -0.2) is 53.1 Å². The van der Waals surface area contributed by atoms with Gasteiger partial charge in [-0.2, -0.15) is 0 Å². The molecule has 3 rings (SSSR count). The van der Waals surface area contributed by atoms with Gasteiger partial charge in [0.2, 0.25) is 5.91 Å². The van der Waals surface area contributed by atoms with Gasteiger partial charge in [-0.15, -0.1) is 0 Å². The number of aryl methyl sites for hydroxylation is 1. The molecule has 2 heterocycles. The molecule has 6 nitrogen and oxygen atoms in total. The van der Waals surface area contributed by atoms with E-state index in [0.29, 0.717) is 19.5 Å². The predicted molar refractivity (Wildman–Crippen MR) is 91.2 cm³/mol. The maximum absolute atomic E-state index is 12.5. The number of nitrogens with two attached hydrogens (primary N) is 1. The number of carbonyl (C=O) groups is 1. The molecule has 1 unspecified atom stereocenters. The van der Waals surface area contributed by atoms with Crippen LogP contribution in [0, 0.1) is 6.92 Å². The highest BCUT2D eigenvalue weighted by molar-refractivity contribution is 5.82. The Balaban J connectivity index is 1.47. The Bertz CT molecular complexity index is 663. The molecule has 0 spiro atoms. The van der Waals surface area contributed by atoms with E-state index >= 15 is 0 Å². The third kappa shape index (κ3) is 4.21. The normalized spacial score (nSPS) is 17.0. The molecule has 0 aliphatic carbocycles. The van der Waals surface area contributed by atoms with Gasteiger partial charge in [0.1, 0.15) is 0 Å². The SMILES string of the molecule is Cc1cc(CN2CCN(C(=O)C(N)Cc3ccccc3)CC2)on1. The van der Waals surface area contributed by atoms with Gasteiger partial charge in [-0.1, -0.05) is 35.5 Å². The Labute approximate surface area is 142 Å². The number of hydrogen-bond donors (Lipinski definition) is 1. The van der Waals surface area contributed by atoms with Gasteiger partial charge in [0.25, 0.3) is 0 Å². The summed E-state index contributed by atoms with van der Waals surface area (Å²) in [4.78, 5) is 16.7. The number of carbonyl (C=O) groups excluding carboxylic acids is 1. The number of aromatic nitrogens is 1. The van der Waals surface area contributed by atoms with Crippen LogP contribution < -0.4 is 5.73 Å². The lowest BCUT2D eigenvalue weighted by Crippen LogP contribution is -2.53. The van der Waals surface area contributed by atoms with E-state index in [-0.39, 0.29) is 5.91 Å². The fourth-order valence-electron chi connectivity index (χ4n) is 3.03. The number of nitrogens with zero attached hydrogens (tertiary/aromatic N) is 3. The molecule has 1 aliphatic rings. The smallest absolute Gasteiger partial charge is 0.239 e. The van der Waals surface area contributed by atoms with Crippen LogP contribution >= 0.6 is 0 Å². The first-order valence-electron chi connectivity index (χ1n) is 8.34. The van der Waals surface area contributed by atoms with Crippen molar-refractivity contribution in [2.24, 2.45) is 5.73 Å². The molecular weight excluding hydrogens is 304 g/mol. The van der Waals surface area contributed by atoms with Crippen molar-refractivity contribution in [3.8, 4) is 0 Å². The number of benzene rings is 1. The third-order valence-electron chi connectivity index (χ3n) is 4.36. The summed E-state index contributed by atoms with van der Waals surface area (Å²) in [7, 11) is 0. The van der Waals surface area contributed by atoms with Crippen molar-refractivity contribution in [2.45, 2.75) is 25.9 Å². The van der Waals surface area contributed by atoms with Crippen molar-refractivity contribution in [3.63, 3.8) is 0 Å². The molecule has 1 aliphatic heterocycles. The second-order valence-corrected chi connectivity index (χ2v) is 6.33. The van der Waals surface area contributed by atoms with Crippen LogP contribution in [0.25, 0.3) is 0 Å². The molecule has 24 heavy (non-hydrogen) atoms. The lowest BCUT2D eigenvalue weighted by atomic mass is 10.1. The maximum atomic E-state index is 12.5. The monoisotopic (exact) mass is 328 g/mol. The van der Waals surface area contributed by atoms with Gasteiger partial charge >= 0.3 is 0 Å². The molecule has 1 aromatic heterocycles. The van der Waals surface area contributed by atoms with E-state index in [1.54, 1.807) is 0 Å². The minimum Gasteiger partial charge on any atom is -0.360 e. The zero-order valence-electron chi connectivity index (χ0n) is 14.0. The zero-order chi connectivity index (χ0) is 16.9. The number of rotatable bonds is 5. The summed E-state index contributed by atoms with van der Waals surface area (Å²) in [6, 6.07) is 11.4. The maximum Gasteiger partial charge on any atom is 0.239 e. The fourth-order valence-corrected chi connectivity index (χ4v) is 3.03. The second-order valence-electron chi connectivity index (χ2n) is 6.33. The Hall–Kier alpha value is -2.18. The van der Waals surface area contributed by atoms with Crippen molar-refractivity contribution < 1.29 is 9.32 Å². The van der Waals surface area contributed by atoms with E-state index in [9.17, 15) is 4.79 Å². The molecule has 0 bridgehead atoms. The minimum absolute atomic E-state index is 0.0361. The molecule has 1 fully saturated rings. The quantitative estimate of drug-likeness (QED) is 0.892. The lowest BCUT2D eigenvalue weighted by Gasteiger charge is -2.35. The summed E-state index contributed by atoms with van der Waals surface area (Å²) in [5.41, 5.74) is 8.10. The number of amides is 1.